The van der Waals surface area contributed by atoms with Gasteiger partial charge in [0, 0.05) is 12.2 Å². The fourth-order valence-corrected chi connectivity index (χ4v) is 3.47. The lowest BCUT2D eigenvalue weighted by Crippen LogP contribution is -2.42. The van der Waals surface area contributed by atoms with Crippen LogP contribution in [0.15, 0.2) is 72.8 Å². The van der Waals surface area contributed by atoms with E-state index in [4.69, 9.17) is 4.74 Å². The minimum Gasteiger partial charge on any atom is -0.504 e. The predicted octanol–water partition coefficient (Wildman–Crippen LogP) is 4.56. The van der Waals surface area contributed by atoms with Gasteiger partial charge in [-0.15, -0.1) is 0 Å². The number of hydrogen-bond donors (Lipinski definition) is 2. The maximum absolute atomic E-state index is 13.3. The fourth-order valence-electron chi connectivity index (χ4n) is 3.47. The second-order valence-corrected chi connectivity index (χ2v) is 6.67. The van der Waals surface area contributed by atoms with Crippen molar-refractivity contribution in [3.63, 3.8) is 0 Å². The van der Waals surface area contributed by atoms with E-state index in [-0.39, 0.29) is 17.8 Å². The Morgan fingerprint density at radius 3 is 2.57 bits per heavy atom. The van der Waals surface area contributed by atoms with Crippen LogP contribution in [0.2, 0.25) is 0 Å². The number of hydrogen-bond acceptors (Lipinski definition) is 4. The minimum absolute atomic E-state index is 0.0331. The van der Waals surface area contributed by atoms with Gasteiger partial charge in [-0.25, -0.2) is 0 Å². The molecule has 5 heteroatoms. The number of amides is 1. The van der Waals surface area contributed by atoms with E-state index >= 15 is 0 Å². The summed E-state index contributed by atoms with van der Waals surface area (Å²) in [7, 11) is 0. The number of phenols is 1. The molecule has 1 amide bonds. The molecule has 4 rings (SSSR count). The fraction of sp³-hybridized carbons (Fsp3) is 0.174. The van der Waals surface area contributed by atoms with Crippen molar-refractivity contribution in [2.75, 3.05) is 11.9 Å². The third-order valence-corrected chi connectivity index (χ3v) is 4.82. The first-order chi connectivity index (χ1) is 13.7. The normalized spacial score (nSPS) is 15.7. The average Bonchev–Trinajstić information content (AvgIpc) is 2.73. The van der Waals surface area contributed by atoms with E-state index < -0.39 is 0 Å². The van der Waals surface area contributed by atoms with Gasteiger partial charge in [-0.2, -0.15) is 0 Å². The van der Waals surface area contributed by atoms with Crippen LogP contribution in [-0.4, -0.2) is 22.5 Å². The summed E-state index contributed by atoms with van der Waals surface area (Å²) < 4.78 is 5.54. The molecule has 0 radical (unpaired) electrons. The van der Waals surface area contributed by atoms with Crippen LogP contribution in [0.1, 0.15) is 34.6 Å². The highest BCUT2D eigenvalue weighted by molar-refractivity contribution is 6.01. The van der Waals surface area contributed by atoms with E-state index in [1.165, 1.54) is 0 Å². The van der Waals surface area contributed by atoms with Crippen molar-refractivity contribution in [3.8, 4) is 11.5 Å². The number of ether oxygens (including phenoxy) is 1. The summed E-state index contributed by atoms with van der Waals surface area (Å²) in [6, 6.07) is 22.6. The van der Waals surface area contributed by atoms with Crippen LogP contribution in [-0.2, 0) is 6.54 Å². The van der Waals surface area contributed by atoms with Crippen LogP contribution in [0.5, 0.6) is 11.5 Å². The molecule has 0 saturated carbocycles. The molecule has 0 aliphatic carbocycles. The zero-order valence-electron chi connectivity index (χ0n) is 15.6. The summed E-state index contributed by atoms with van der Waals surface area (Å²) in [5.74, 6) is 0.463. The Labute approximate surface area is 164 Å². The Kier molecular flexibility index (Phi) is 4.89. The summed E-state index contributed by atoms with van der Waals surface area (Å²) in [5, 5.41) is 13.5. The SMILES string of the molecule is CCOc1cc(C2Nc3ccccc3C(=O)N2Cc2ccccc2)ccc1O. The van der Waals surface area contributed by atoms with Gasteiger partial charge in [0.2, 0.25) is 0 Å². The molecule has 3 aromatic rings. The largest absolute Gasteiger partial charge is 0.504 e. The smallest absolute Gasteiger partial charge is 0.258 e. The van der Waals surface area contributed by atoms with Crippen LogP contribution in [0.25, 0.3) is 0 Å². The summed E-state index contributed by atoms with van der Waals surface area (Å²) in [4.78, 5) is 15.1. The van der Waals surface area contributed by atoms with Gasteiger partial charge in [-0.1, -0.05) is 48.5 Å². The molecule has 0 aromatic heterocycles. The molecule has 0 fully saturated rings. The van der Waals surface area contributed by atoms with Gasteiger partial charge < -0.3 is 20.1 Å². The van der Waals surface area contributed by atoms with Crippen LogP contribution in [0, 0.1) is 0 Å². The number of nitrogens with one attached hydrogen (secondary N) is 1. The lowest BCUT2D eigenvalue weighted by Gasteiger charge is -2.38. The summed E-state index contributed by atoms with van der Waals surface area (Å²) in [6.45, 7) is 2.79. The van der Waals surface area contributed by atoms with E-state index in [9.17, 15) is 9.90 Å². The van der Waals surface area contributed by atoms with E-state index in [0.717, 1.165) is 16.8 Å². The topological polar surface area (TPSA) is 61.8 Å². The highest BCUT2D eigenvalue weighted by atomic mass is 16.5. The van der Waals surface area contributed by atoms with Gasteiger partial charge in [-0.3, -0.25) is 4.79 Å². The second-order valence-electron chi connectivity index (χ2n) is 6.67. The molecule has 1 unspecified atom stereocenters. The van der Waals surface area contributed by atoms with Crippen molar-refractivity contribution in [3.05, 3.63) is 89.5 Å². The number of fused-ring (bicyclic) bond motifs is 1. The van der Waals surface area contributed by atoms with Crippen molar-refractivity contribution in [2.45, 2.75) is 19.6 Å². The first kappa shape index (κ1) is 17.9. The number of aromatic hydroxyl groups is 1. The molecule has 1 aliphatic rings. The van der Waals surface area contributed by atoms with Crippen LogP contribution in [0.3, 0.4) is 0 Å². The molecule has 3 aromatic carbocycles. The number of carbonyl (C=O) groups is 1. The van der Waals surface area contributed by atoms with Crippen LogP contribution < -0.4 is 10.1 Å². The van der Waals surface area contributed by atoms with Crippen molar-refractivity contribution >= 4 is 11.6 Å². The van der Waals surface area contributed by atoms with E-state index in [1.807, 2.05) is 67.6 Å². The van der Waals surface area contributed by atoms with Crippen molar-refractivity contribution < 1.29 is 14.6 Å². The summed E-state index contributed by atoms with van der Waals surface area (Å²) >= 11 is 0. The van der Waals surface area contributed by atoms with Gasteiger partial charge in [0.25, 0.3) is 5.91 Å². The molecular formula is C23H22N2O3. The molecular weight excluding hydrogens is 352 g/mol. The highest BCUT2D eigenvalue weighted by Crippen LogP contribution is 2.37. The van der Waals surface area contributed by atoms with Gasteiger partial charge in [0.15, 0.2) is 11.5 Å². The predicted molar refractivity (Wildman–Crippen MR) is 108 cm³/mol. The third kappa shape index (κ3) is 3.39. The first-order valence-electron chi connectivity index (χ1n) is 9.33. The zero-order chi connectivity index (χ0) is 19.5. The Bertz CT molecular complexity index is 988. The lowest BCUT2D eigenvalue weighted by molar-refractivity contribution is 0.0666. The van der Waals surface area contributed by atoms with Crippen molar-refractivity contribution in [2.24, 2.45) is 0 Å². The first-order valence-corrected chi connectivity index (χ1v) is 9.33. The standard InChI is InChI=1S/C23H22N2O3/c1-2-28-21-14-17(12-13-20(21)26)22-24-19-11-7-6-10-18(19)23(27)25(22)15-16-8-4-3-5-9-16/h3-14,22,24,26H,2,15H2,1H3. The second kappa shape index (κ2) is 7.64. The number of carbonyl (C=O) groups excluding carboxylic acids is 1. The number of phenolic OH excluding ortho intramolecular Hbond substituents is 1. The van der Waals surface area contributed by atoms with Gasteiger partial charge in [-0.05, 0) is 42.3 Å². The molecule has 2 N–H and O–H groups in total. The molecule has 1 aliphatic heterocycles. The molecule has 0 bridgehead atoms. The third-order valence-electron chi connectivity index (χ3n) is 4.82. The van der Waals surface area contributed by atoms with E-state index in [2.05, 4.69) is 5.32 Å². The molecule has 0 spiro atoms. The Morgan fingerprint density at radius 2 is 1.79 bits per heavy atom. The molecule has 0 saturated heterocycles. The Morgan fingerprint density at radius 1 is 1.04 bits per heavy atom. The number of nitrogens with zero attached hydrogens (tertiary/aromatic N) is 1. The van der Waals surface area contributed by atoms with E-state index in [1.54, 1.807) is 17.0 Å². The van der Waals surface area contributed by atoms with Gasteiger partial charge in [0.05, 0.1) is 12.2 Å². The minimum atomic E-state index is -0.373. The maximum Gasteiger partial charge on any atom is 0.258 e. The van der Waals surface area contributed by atoms with E-state index in [0.29, 0.717) is 24.5 Å². The summed E-state index contributed by atoms with van der Waals surface area (Å²) in [6.07, 6.45) is -0.373. The number of benzene rings is 3. The monoisotopic (exact) mass is 374 g/mol. The number of anilines is 1. The molecule has 28 heavy (non-hydrogen) atoms. The summed E-state index contributed by atoms with van der Waals surface area (Å²) in [5.41, 5.74) is 3.34. The highest BCUT2D eigenvalue weighted by Gasteiger charge is 2.33. The maximum atomic E-state index is 13.3. The quantitative estimate of drug-likeness (QED) is 0.687. The molecule has 142 valence electrons. The zero-order valence-corrected chi connectivity index (χ0v) is 15.6. The molecule has 5 nitrogen and oxygen atoms in total. The average molecular weight is 374 g/mol. The number of rotatable bonds is 5. The Hall–Kier alpha value is -3.47. The molecule has 1 atom stereocenters. The van der Waals surface area contributed by atoms with Gasteiger partial charge in [0.1, 0.15) is 6.17 Å². The van der Waals surface area contributed by atoms with Crippen LogP contribution in [0.4, 0.5) is 5.69 Å². The molecule has 1 heterocycles. The van der Waals surface area contributed by atoms with Crippen LogP contribution >= 0.6 is 0 Å². The van der Waals surface area contributed by atoms with Crippen molar-refractivity contribution in [1.29, 1.82) is 0 Å². The van der Waals surface area contributed by atoms with Crippen molar-refractivity contribution in [1.82, 2.24) is 4.90 Å². The number of para-hydroxylation sites is 1. The Balaban J connectivity index is 1.76. The lowest BCUT2D eigenvalue weighted by atomic mass is 10.0. The van der Waals surface area contributed by atoms with Gasteiger partial charge >= 0.3 is 0 Å².